The number of amides is 1. The first kappa shape index (κ1) is 22.2. The van der Waals surface area contributed by atoms with Gasteiger partial charge in [-0.05, 0) is 42.8 Å². The fraction of sp³-hybridized carbons (Fsp3) is 0.250. The van der Waals surface area contributed by atoms with Gasteiger partial charge in [-0.25, -0.2) is 15.0 Å². The van der Waals surface area contributed by atoms with E-state index in [-0.39, 0.29) is 0 Å². The molecule has 0 saturated carbocycles. The van der Waals surface area contributed by atoms with Crippen molar-refractivity contribution in [3.8, 4) is 21.8 Å². The second kappa shape index (κ2) is 9.34. The van der Waals surface area contributed by atoms with Gasteiger partial charge in [0.05, 0.1) is 23.4 Å². The Kier molecular flexibility index (Phi) is 6.10. The van der Waals surface area contributed by atoms with E-state index in [0.717, 1.165) is 45.1 Å². The summed E-state index contributed by atoms with van der Waals surface area (Å²) in [4.78, 5) is 29.1. The smallest absolute Gasteiger partial charge is 0.252 e. The molecule has 1 aliphatic rings. The fourth-order valence-electron chi connectivity index (χ4n) is 3.71. The molecule has 0 unspecified atom stereocenters. The van der Waals surface area contributed by atoms with Crippen LogP contribution < -0.4 is 16.0 Å². The molecule has 0 aliphatic carbocycles. The Bertz CT molecular complexity index is 1330. The maximum absolute atomic E-state index is 11.9. The number of hydrogen-bond acceptors (Lipinski definition) is 9. The van der Waals surface area contributed by atoms with Crippen molar-refractivity contribution in [1.82, 2.24) is 15.0 Å². The number of rotatable bonds is 5. The van der Waals surface area contributed by atoms with Crippen molar-refractivity contribution < 1.29 is 14.6 Å². The first-order valence-electron chi connectivity index (χ1n) is 10.9. The molecule has 0 spiro atoms. The van der Waals surface area contributed by atoms with Crippen molar-refractivity contribution in [2.45, 2.75) is 13.0 Å². The van der Waals surface area contributed by atoms with Gasteiger partial charge in [-0.1, -0.05) is 12.1 Å². The van der Waals surface area contributed by atoms with Crippen molar-refractivity contribution >= 4 is 44.8 Å². The number of hydrogen-bond donors (Lipinski definition) is 3. The molecule has 4 aromatic rings. The number of aliphatic hydroxyl groups is 1. The topological polar surface area (TPSA) is 126 Å². The molecular weight excluding hydrogens is 452 g/mol. The molecule has 0 bridgehead atoms. The standard InChI is InChI=1S/C24H24N6O3S/c1-14(31)24(32)27-17-4-2-3-15(11-17)19-12-18-21(34-19)23(30-7-9-33-10-8-30)29-22(28-18)16-5-6-20(25)26-13-16/h2-6,11-14,31H,7-10H2,1H3,(H2,25,26)(H,27,32)/t14-/m0/s1. The summed E-state index contributed by atoms with van der Waals surface area (Å²) < 4.78 is 6.53. The van der Waals surface area contributed by atoms with Crippen LogP contribution in [0.5, 0.6) is 0 Å². The molecule has 4 heterocycles. The zero-order chi connectivity index (χ0) is 23.7. The minimum absolute atomic E-state index is 0.443. The highest BCUT2D eigenvalue weighted by molar-refractivity contribution is 7.22. The normalized spacial score (nSPS) is 14.8. The second-order valence-electron chi connectivity index (χ2n) is 8.01. The van der Waals surface area contributed by atoms with Crippen molar-refractivity contribution in [3.05, 3.63) is 48.7 Å². The largest absolute Gasteiger partial charge is 0.384 e. The van der Waals surface area contributed by atoms with Crippen LogP contribution in [0, 0.1) is 0 Å². The number of thiophene rings is 1. The number of pyridine rings is 1. The van der Waals surface area contributed by atoms with E-state index in [0.29, 0.717) is 30.5 Å². The quantitative estimate of drug-likeness (QED) is 0.401. The molecule has 1 atom stereocenters. The number of nitrogens with zero attached hydrogens (tertiary/aromatic N) is 4. The van der Waals surface area contributed by atoms with Gasteiger partial charge in [0.25, 0.3) is 5.91 Å². The van der Waals surface area contributed by atoms with Crippen LogP contribution in [0.2, 0.25) is 0 Å². The van der Waals surface area contributed by atoms with E-state index in [1.165, 1.54) is 6.92 Å². The zero-order valence-corrected chi connectivity index (χ0v) is 19.4. The zero-order valence-electron chi connectivity index (χ0n) is 18.6. The lowest BCUT2D eigenvalue weighted by atomic mass is 10.1. The average Bonchev–Trinajstić information content (AvgIpc) is 3.29. The molecule has 9 nitrogen and oxygen atoms in total. The predicted molar refractivity (Wildman–Crippen MR) is 134 cm³/mol. The molecule has 34 heavy (non-hydrogen) atoms. The van der Waals surface area contributed by atoms with E-state index in [4.69, 9.17) is 20.4 Å². The van der Waals surface area contributed by atoms with Crippen LogP contribution in [-0.4, -0.2) is 58.4 Å². The second-order valence-corrected chi connectivity index (χ2v) is 9.07. The van der Waals surface area contributed by atoms with Gasteiger partial charge in [0.2, 0.25) is 0 Å². The summed E-state index contributed by atoms with van der Waals surface area (Å²) in [6.07, 6.45) is 0.599. The van der Waals surface area contributed by atoms with Gasteiger partial charge >= 0.3 is 0 Å². The van der Waals surface area contributed by atoms with Gasteiger partial charge in [0, 0.05) is 35.4 Å². The molecular formula is C24H24N6O3S. The Labute approximate surface area is 200 Å². The number of benzene rings is 1. The Morgan fingerprint density at radius 1 is 1.18 bits per heavy atom. The van der Waals surface area contributed by atoms with Crippen molar-refractivity contribution in [1.29, 1.82) is 0 Å². The Hall–Kier alpha value is -3.60. The maximum atomic E-state index is 11.9. The number of ether oxygens (including phenoxy) is 1. The lowest BCUT2D eigenvalue weighted by molar-refractivity contribution is -0.123. The fourth-order valence-corrected chi connectivity index (χ4v) is 4.82. The highest BCUT2D eigenvalue weighted by atomic mass is 32.1. The highest BCUT2D eigenvalue weighted by Crippen LogP contribution is 2.39. The van der Waals surface area contributed by atoms with Crippen LogP contribution in [0.15, 0.2) is 48.7 Å². The Morgan fingerprint density at radius 2 is 2.00 bits per heavy atom. The van der Waals surface area contributed by atoms with E-state index in [1.807, 2.05) is 30.3 Å². The summed E-state index contributed by atoms with van der Waals surface area (Å²) in [6, 6.07) is 13.2. The van der Waals surface area contributed by atoms with Crippen LogP contribution in [0.1, 0.15) is 6.92 Å². The molecule has 10 heteroatoms. The molecule has 1 fully saturated rings. The summed E-state index contributed by atoms with van der Waals surface area (Å²) >= 11 is 1.61. The van der Waals surface area contributed by atoms with Crippen LogP contribution >= 0.6 is 11.3 Å². The number of aliphatic hydroxyl groups excluding tert-OH is 1. The molecule has 0 radical (unpaired) electrons. The monoisotopic (exact) mass is 476 g/mol. The van der Waals surface area contributed by atoms with E-state index in [9.17, 15) is 9.90 Å². The van der Waals surface area contributed by atoms with E-state index < -0.39 is 12.0 Å². The maximum Gasteiger partial charge on any atom is 0.252 e. The van der Waals surface area contributed by atoms with Gasteiger partial charge < -0.3 is 25.8 Å². The van der Waals surface area contributed by atoms with E-state index in [1.54, 1.807) is 29.7 Å². The number of fused-ring (bicyclic) bond motifs is 1. The molecule has 1 amide bonds. The predicted octanol–water partition coefficient (Wildman–Crippen LogP) is 3.16. The highest BCUT2D eigenvalue weighted by Gasteiger charge is 2.21. The molecule has 3 aromatic heterocycles. The Balaban J connectivity index is 1.59. The summed E-state index contributed by atoms with van der Waals surface area (Å²) in [6.45, 7) is 4.23. The van der Waals surface area contributed by atoms with Gasteiger partial charge in [-0.3, -0.25) is 4.79 Å². The SMILES string of the molecule is C[C@H](O)C(=O)Nc1cccc(-c2cc3nc(-c4ccc(N)nc4)nc(N4CCOCC4)c3s2)c1. The molecule has 5 rings (SSSR count). The lowest BCUT2D eigenvalue weighted by Gasteiger charge is -2.28. The first-order valence-corrected chi connectivity index (χ1v) is 11.7. The molecule has 1 saturated heterocycles. The molecule has 1 aliphatic heterocycles. The summed E-state index contributed by atoms with van der Waals surface area (Å²) in [5, 5.41) is 12.2. The van der Waals surface area contributed by atoms with Crippen LogP contribution in [0.3, 0.4) is 0 Å². The van der Waals surface area contributed by atoms with Gasteiger partial charge in [-0.15, -0.1) is 11.3 Å². The summed E-state index contributed by atoms with van der Waals surface area (Å²) in [5.74, 6) is 1.45. The molecule has 1 aromatic carbocycles. The van der Waals surface area contributed by atoms with E-state index in [2.05, 4.69) is 15.2 Å². The van der Waals surface area contributed by atoms with Crippen molar-refractivity contribution in [2.24, 2.45) is 0 Å². The number of nitrogens with two attached hydrogens (primary N) is 1. The number of carbonyl (C=O) groups is 1. The molecule has 174 valence electrons. The summed E-state index contributed by atoms with van der Waals surface area (Å²) in [5.41, 5.74) is 8.94. The number of anilines is 3. The van der Waals surface area contributed by atoms with Crippen LogP contribution in [0.25, 0.3) is 32.0 Å². The van der Waals surface area contributed by atoms with Crippen molar-refractivity contribution in [3.63, 3.8) is 0 Å². The van der Waals surface area contributed by atoms with E-state index >= 15 is 0 Å². The number of morpholine rings is 1. The lowest BCUT2D eigenvalue weighted by Crippen LogP contribution is -2.36. The van der Waals surface area contributed by atoms with Crippen molar-refractivity contribution in [2.75, 3.05) is 42.3 Å². The van der Waals surface area contributed by atoms with Crippen LogP contribution in [-0.2, 0) is 9.53 Å². The number of carbonyl (C=O) groups excluding carboxylic acids is 1. The molecule has 4 N–H and O–H groups in total. The summed E-state index contributed by atoms with van der Waals surface area (Å²) in [7, 11) is 0. The third-order valence-corrected chi connectivity index (χ3v) is 6.67. The van der Waals surface area contributed by atoms with Gasteiger partial charge in [0.15, 0.2) is 11.6 Å². The van der Waals surface area contributed by atoms with Crippen LogP contribution in [0.4, 0.5) is 17.3 Å². The third-order valence-electron chi connectivity index (χ3n) is 5.50. The third kappa shape index (κ3) is 4.56. The minimum Gasteiger partial charge on any atom is -0.384 e. The Morgan fingerprint density at radius 3 is 2.74 bits per heavy atom. The van der Waals surface area contributed by atoms with Gasteiger partial charge in [0.1, 0.15) is 11.9 Å². The number of nitrogens with one attached hydrogen (secondary N) is 1. The van der Waals surface area contributed by atoms with Gasteiger partial charge in [-0.2, -0.15) is 0 Å². The first-order chi connectivity index (χ1) is 16.5. The minimum atomic E-state index is -1.08. The number of aromatic nitrogens is 3. The average molecular weight is 477 g/mol. The number of nitrogen functional groups attached to an aromatic ring is 1.